The van der Waals surface area contributed by atoms with Crippen molar-refractivity contribution in [1.82, 2.24) is 0 Å². The van der Waals surface area contributed by atoms with E-state index in [-0.39, 0.29) is 5.75 Å². The first kappa shape index (κ1) is 12.4. The van der Waals surface area contributed by atoms with E-state index in [4.69, 9.17) is 10.5 Å². The Morgan fingerprint density at radius 2 is 2.00 bits per heavy atom. The Morgan fingerprint density at radius 1 is 1.35 bits per heavy atom. The second kappa shape index (κ2) is 4.33. The van der Waals surface area contributed by atoms with Gasteiger partial charge in [-0.3, -0.25) is 0 Å². The molecule has 0 atom stereocenters. The fraction of sp³-hybridized carbons (Fsp3) is 0.455. The van der Waals surface area contributed by atoms with Crippen LogP contribution in [0.5, 0.6) is 5.75 Å². The normalized spacial score (nSPS) is 15.9. The molecule has 6 heteroatoms. The molecule has 0 unspecified atom stereocenters. The van der Waals surface area contributed by atoms with Gasteiger partial charge in [-0.05, 0) is 30.2 Å². The fourth-order valence-electron chi connectivity index (χ4n) is 1.67. The van der Waals surface area contributed by atoms with Crippen LogP contribution in [0.1, 0.15) is 18.4 Å². The number of benzene rings is 1. The van der Waals surface area contributed by atoms with E-state index in [1.807, 2.05) is 0 Å². The zero-order valence-corrected chi connectivity index (χ0v) is 10.1. The Morgan fingerprint density at radius 3 is 2.53 bits per heavy atom. The summed E-state index contributed by atoms with van der Waals surface area (Å²) in [6.07, 6.45) is 2.23. The van der Waals surface area contributed by atoms with Gasteiger partial charge in [0.15, 0.2) is 11.6 Å². The third-order valence-electron chi connectivity index (χ3n) is 2.86. The average molecular weight is 237 g/mol. The van der Waals surface area contributed by atoms with E-state index in [0.29, 0.717) is 18.1 Å². The molecule has 1 aliphatic carbocycles. The molecule has 17 heavy (non-hydrogen) atoms. The van der Waals surface area contributed by atoms with Crippen LogP contribution in [0.15, 0.2) is 12.1 Å². The molecular formula is C11H15B2F2NO. The number of hydrogen-bond donors (Lipinski definition) is 1. The van der Waals surface area contributed by atoms with Crippen molar-refractivity contribution in [2.75, 3.05) is 6.61 Å². The van der Waals surface area contributed by atoms with Crippen molar-refractivity contribution < 1.29 is 13.5 Å². The molecule has 1 aliphatic rings. The van der Waals surface area contributed by atoms with Crippen molar-refractivity contribution in [3.63, 3.8) is 0 Å². The maximum absolute atomic E-state index is 13.7. The molecule has 0 aromatic heterocycles. The molecule has 0 bridgehead atoms. The van der Waals surface area contributed by atoms with Crippen LogP contribution < -0.4 is 10.5 Å². The number of ether oxygens (including phenoxy) is 1. The molecule has 0 amide bonds. The van der Waals surface area contributed by atoms with E-state index >= 15 is 0 Å². The van der Waals surface area contributed by atoms with Gasteiger partial charge in [0.25, 0.3) is 0 Å². The highest BCUT2D eigenvalue weighted by molar-refractivity contribution is 6.39. The number of rotatable bonds is 4. The van der Waals surface area contributed by atoms with E-state index in [2.05, 4.69) is 0 Å². The van der Waals surface area contributed by atoms with E-state index in [1.54, 1.807) is 15.7 Å². The molecule has 2 N–H and O–H groups in total. The first-order valence-corrected chi connectivity index (χ1v) is 5.79. The summed E-state index contributed by atoms with van der Waals surface area (Å²) in [6, 6.07) is 2.07. The van der Waals surface area contributed by atoms with Gasteiger partial charge >= 0.3 is 0 Å². The van der Waals surface area contributed by atoms with Crippen LogP contribution >= 0.6 is 0 Å². The fourth-order valence-corrected chi connectivity index (χ4v) is 1.67. The summed E-state index contributed by atoms with van der Waals surface area (Å²) in [5.41, 5.74) is 6.28. The Kier molecular flexibility index (Phi) is 3.17. The van der Waals surface area contributed by atoms with Gasteiger partial charge in [-0.15, -0.1) is 0 Å². The van der Waals surface area contributed by atoms with Crippen molar-refractivity contribution in [2.45, 2.75) is 18.2 Å². The van der Waals surface area contributed by atoms with Crippen LogP contribution in [-0.4, -0.2) is 22.3 Å². The molecule has 1 saturated carbocycles. The highest BCUT2D eigenvalue weighted by Crippen LogP contribution is 2.33. The van der Waals surface area contributed by atoms with Crippen LogP contribution in [-0.2, 0) is 5.34 Å². The molecule has 1 fully saturated rings. The lowest BCUT2D eigenvalue weighted by Gasteiger charge is -2.23. The number of hydrogen-bond acceptors (Lipinski definition) is 2. The molecule has 0 spiro atoms. The van der Waals surface area contributed by atoms with Crippen LogP contribution in [0.3, 0.4) is 0 Å². The van der Waals surface area contributed by atoms with Crippen molar-refractivity contribution in [1.29, 1.82) is 0 Å². The van der Waals surface area contributed by atoms with E-state index in [9.17, 15) is 8.78 Å². The van der Waals surface area contributed by atoms with Gasteiger partial charge in [-0.25, -0.2) is 8.78 Å². The molecule has 2 rings (SSSR count). The number of nitrogens with two attached hydrogens (primary N) is 1. The monoisotopic (exact) mass is 237 g/mol. The molecule has 1 aromatic carbocycles. The summed E-state index contributed by atoms with van der Waals surface area (Å²) in [6.45, 7) is 0.478. The smallest absolute Gasteiger partial charge is 0.168 e. The van der Waals surface area contributed by atoms with Gasteiger partial charge < -0.3 is 10.5 Å². The molecule has 0 aliphatic heterocycles. The van der Waals surface area contributed by atoms with Crippen molar-refractivity contribution >= 4 is 15.7 Å². The molecule has 2 nitrogen and oxygen atoms in total. The van der Waals surface area contributed by atoms with Crippen LogP contribution in [0.25, 0.3) is 0 Å². The van der Waals surface area contributed by atoms with Gasteiger partial charge in [-0.2, -0.15) is 0 Å². The summed E-state index contributed by atoms with van der Waals surface area (Å²) < 4.78 is 32.3. The second-order valence-electron chi connectivity index (χ2n) is 5.24. The summed E-state index contributed by atoms with van der Waals surface area (Å²) >= 11 is 0. The maximum atomic E-state index is 13.7. The summed E-state index contributed by atoms with van der Waals surface area (Å²) in [5.74, 6) is -0.715. The molecule has 90 valence electrons. The standard InChI is InChI=1S/C11H15B2F2NO/c12-11(13,16)8-3-7(14)4-9(15)10(8)17-5-6-1-2-6/h3-4,6H,1-2,5,12-13,16H2. The minimum absolute atomic E-state index is 0.0887. The molecule has 1 aromatic rings. The van der Waals surface area contributed by atoms with Gasteiger partial charge in [-0.1, -0.05) is 0 Å². The van der Waals surface area contributed by atoms with Crippen molar-refractivity contribution in [2.24, 2.45) is 11.7 Å². The van der Waals surface area contributed by atoms with Crippen LogP contribution in [0.4, 0.5) is 8.78 Å². The topological polar surface area (TPSA) is 35.2 Å². The quantitative estimate of drug-likeness (QED) is 0.753. The highest BCUT2D eigenvalue weighted by Gasteiger charge is 2.27. The minimum atomic E-state index is -0.832. The first-order chi connectivity index (χ1) is 7.88. The summed E-state index contributed by atoms with van der Waals surface area (Å²) in [5, 5.41) is -0.832. The predicted octanol–water partition coefficient (Wildman–Crippen LogP) is 0.0888. The third-order valence-corrected chi connectivity index (χ3v) is 2.86. The third kappa shape index (κ3) is 3.00. The van der Waals surface area contributed by atoms with Gasteiger partial charge in [0.2, 0.25) is 0 Å². The zero-order valence-electron chi connectivity index (χ0n) is 10.1. The molecule has 0 heterocycles. The van der Waals surface area contributed by atoms with Gasteiger partial charge in [0.1, 0.15) is 21.5 Å². The van der Waals surface area contributed by atoms with Crippen molar-refractivity contribution in [3.8, 4) is 5.75 Å². The average Bonchev–Trinajstić information content (AvgIpc) is 2.97. The van der Waals surface area contributed by atoms with Crippen molar-refractivity contribution in [3.05, 3.63) is 29.3 Å². The van der Waals surface area contributed by atoms with Crippen LogP contribution in [0, 0.1) is 17.6 Å². The van der Waals surface area contributed by atoms with Crippen LogP contribution in [0.2, 0.25) is 0 Å². The molecule has 0 saturated heterocycles. The van der Waals surface area contributed by atoms with Gasteiger partial charge in [0.05, 0.1) is 6.61 Å². The predicted molar refractivity (Wildman–Crippen MR) is 67.5 cm³/mol. The lowest BCUT2D eigenvalue weighted by Crippen LogP contribution is -2.38. The summed E-state index contributed by atoms with van der Waals surface area (Å²) in [7, 11) is 3.40. The SMILES string of the molecule is BC(B)(N)c1cc(F)cc(F)c1OCC1CC1. The summed E-state index contributed by atoms with van der Waals surface area (Å²) in [4.78, 5) is 0. The first-order valence-electron chi connectivity index (χ1n) is 5.79. The van der Waals surface area contributed by atoms with Gasteiger partial charge in [0, 0.05) is 11.6 Å². The molecule has 0 radical (unpaired) electrons. The minimum Gasteiger partial charge on any atom is -0.490 e. The second-order valence-corrected chi connectivity index (χ2v) is 5.24. The van der Waals surface area contributed by atoms with E-state index in [0.717, 1.165) is 18.9 Å². The molecular weight excluding hydrogens is 222 g/mol. The van der Waals surface area contributed by atoms with E-state index < -0.39 is 17.0 Å². The number of halogens is 2. The highest BCUT2D eigenvalue weighted by atomic mass is 19.1. The Bertz CT molecular complexity index is 430. The Labute approximate surface area is 101 Å². The lowest BCUT2D eigenvalue weighted by atomic mass is 9.59. The Hall–Kier alpha value is -1.03. The van der Waals surface area contributed by atoms with E-state index in [1.165, 1.54) is 6.07 Å². The Balaban J connectivity index is 2.32. The maximum Gasteiger partial charge on any atom is 0.168 e. The zero-order chi connectivity index (χ0) is 12.6. The lowest BCUT2D eigenvalue weighted by molar-refractivity contribution is 0.280. The largest absolute Gasteiger partial charge is 0.490 e.